The topological polar surface area (TPSA) is 51.2 Å². The number of nitrogens with zero attached hydrogens (tertiary/aromatic N) is 1. The maximum atomic E-state index is 12.9. The Bertz CT molecular complexity index is 780. The molecule has 0 radical (unpaired) electrons. The lowest BCUT2D eigenvalue weighted by Crippen LogP contribution is -2.18. The number of hydrogen-bond donors (Lipinski definition) is 1. The number of para-hydroxylation sites is 1. The van der Waals surface area contributed by atoms with E-state index in [-0.39, 0.29) is 5.91 Å². The molecule has 0 saturated heterocycles. The van der Waals surface area contributed by atoms with Crippen LogP contribution in [0.4, 0.5) is 5.69 Å². The summed E-state index contributed by atoms with van der Waals surface area (Å²) in [5, 5.41) is 2.99. The minimum Gasteiger partial charge on any atom is -0.487 e. The molecule has 0 fully saturated rings. The van der Waals surface area contributed by atoms with Crippen LogP contribution < -0.4 is 10.1 Å². The van der Waals surface area contributed by atoms with Crippen molar-refractivity contribution >= 4 is 27.5 Å². The van der Waals surface area contributed by atoms with Gasteiger partial charge in [-0.15, -0.1) is 0 Å². The monoisotopic (exact) mass is 388 g/mol. The first-order valence-corrected chi connectivity index (χ1v) is 8.44. The first-order chi connectivity index (χ1) is 11.4. The fourth-order valence-electron chi connectivity index (χ4n) is 2.53. The summed E-state index contributed by atoms with van der Waals surface area (Å²) in [6.07, 6.45) is 1.64. The number of benzene rings is 1. The van der Waals surface area contributed by atoms with Gasteiger partial charge >= 0.3 is 0 Å². The fourth-order valence-corrected chi connectivity index (χ4v) is 2.93. The molecule has 2 aromatic rings. The Morgan fingerprint density at radius 2 is 1.88 bits per heavy atom. The molecule has 126 valence electrons. The molecular weight excluding hydrogens is 368 g/mol. The highest BCUT2D eigenvalue weighted by Crippen LogP contribution is 2.34. The van der Waals surface area contributed by atoms with Crippen LogP contribution in [-0.2, 0) is 0 Å². The lowest BCUT2D eigenvalue weighted by molar-refractivity contribution is 0.102. The van der Waals surface area contributed by atoms with Crippen molar-refractivity contribution < 1.29 is 9.53 Å². The molecule has 0 spiro atoms. The molecular formula is C19H21BrN2O2. The van der Waals surface area contributed by atoms with Crippen molar-refractivity contribution in [3.05, 3.63) is 63.4 Å². The average Bonchev–Trinajstić information content (AvgIpc) is 2.52. The second-order valence-electron chi connectivity index (χ2n) is 5.62. The summed E-state index contributed by atoms with van der Waals surface area (Å²) in [5.74, 6) is 0.251. The molecule has 1 amide bonds. The lowest BCUT2D eigenvalue weighted by Gasteiger charge is -2.17. The summed E-state index contributed by atoms with van der Waals surface area (Å²) in [7, 11) is 0. The van der Waals surface area contributed by atoms with Gasteiger partial charge in [-0.3, -0.25) is 9.78 Å². The molecule has 1 aromatic carbocycles. The highest BCUT2D eigenvalue weighted by atomic mass is 79.9. The summed E-state index contributed by atoms with van der Waals surface area (Å²) in [4.78, 5) is 17.3. The molecule has 0 unspecified atom stereocenters. The third kappa shape index (κ3) is 3.67. The van der Waals surface area contributed by atoms with Gasteiger partial charge in [0.1, 0.15) is 17.9 Å². The number of anilines is 1. The third-order valence-corrected chi connectivity index (χ3v) is 4.67. The van der Waals surface area contributed by atoms with Crippen LogP contribution in [0.25, 0.3) is 0 Å². The standard InChI is InChI=1S/C19H21BrN2O2/c1-6-10-24-18-15(13(4)21-14(5)16(18)20)19(23)22-17-11(2)8-7-9-12(17)3/h6-9H,1,10H2,2-5H3,(H,22,23). The molecule has 2 rings (SSSR count). The van der Waals surface area contributed by atoms with E-state index >= 15 is 0 Å². The van der Waals surface area contributed by atoms with Crippen molar-refractivity contribution in [2.75, 3.05) is 11.9 Å². The Morgan fingerprint density at radius 1 is 1.25 bits per heavy atom. The van der Waals surface area contributed by atoms with Crippen LogP contribution in [0.2, 0.25) is 0 Å². The number of amides is 1. The van der Waals surface area contributed by atoms with Crippen molar-refractivity contribution in [3.63, 3.8) is 0 Å². The summed E-state index contributed by atoms with van der Waals surface area (Å²) in [6, 6.07) is 5.90. The molecule has 0 saturated carbocycles. The van der Waals surface area contributed by atoms with Crippen LogP contribution in [0.1, 0.15) is 32.9 Å². The number of carbonyl (C=O) groups is 1. The van der Waals surface area contributed by atoms with Crippen molar-refractivity contribution in [3.8, 4) is 5.75 Å². The number of rotatable bonds is 5. The second-order valence-corrected chi connectivity index (χ2v) is 6.41. The number of aryl methyl sites for hydroxylation is 4. The van der Waals surface area contributed by atoms with Crippen molar-refractivity contribution in [1.82, 2.24) is 4.98 Å². The van der Waals surface area contributed by atoms with Gasteiger partial charge in [0.2, 0.25) is 0 Å². The Kier molecular flexibility index (Phi) is 5.78. The Balaban J connectivity index is 2.49. The molecule has 0 aliphatic heterocycles. The van der Waals surface area contributed by atoms with E-state index in [0.29, 0.717) is 28.1 Å². The van der Waals surface area contributed by atoms with E-state index in [0.717, 1.165) is 22.5 Å². The SMILES string of the molecule is C=CCOc1c(Br)c(C)nc(C)c1C(=O)Nc1c(C)cccc1C. The maximum Gasteiger partial charge on any atom is 0.261 e. The normalized spacial score (nSPS) is 10.4. The molecule has 4 nitrogen and oxygen atoms in total. The summed E-state index contributed by atoms with van der Waals surface area (Å²) >= 11 is 3.48. The number of pyridine rings is 1. The molecule has 0 bridgehead atoms. The predicted octanol–water partition coefficient (Wildman–Crippen LogP) is 4.89. The predicted molar refractivity (Wildman–Crippen MR) is 101 cm³/mol. The smallest absolute Gasteiger partial charge is 0.261 e. The molecule has 24 heavy (non-hydrogen) atoms. The zero-order valence-corrected chi connectivity index (χ0v) is 16.0. The average molecular weight is 389 g/mol. The number of hydrogen-bond acceptors (Lipinski definition) is 3. The third-order valence-electron chi connectivity index (χ3n) is 3.73. The van der Waals surface area contributed by atoms with Crippen molar-refractivity contribution in [1.29, 1.82) is 0 Å². The van der Waals surface area contributed by atoms with Gasteiger partial charge in [0, 0.05) is 5.69 Å². The molecule has 1 heterocycles. The van der Waals surface area contributed by atoms with Gasteiger partial charge < -0.3 is 10.1 Å². The first kappa shape index (κ1) is 18.2. The van der Waals surface area contributed by atoms with E-state index in [9.17, 15) is 4.79 Å². The van der Waals surface area contributed by atoms with Gasteiger partial charge in [0.05, 0.1) is 15.9 Å². The molecule has 0 aliphatic carbocycles. The van der Waals surface area contributed by atoms with Gasteiger partial charge in [0.15, 0.2) is 0 Å². The molecule has 5 heteroatoms. The lowest BCUT2D eigenvalue weighted by atomic mass is 10.1. The van der Waals surface area contributed by atoms with E-state index < -0.39 is 0 Å². The molecule has 1 aromatic heterocycles. The zero-order valence-electron chi connectivity index (χ0n) is 14.4. The van der Waals surface area contributed by atoms with Gasteiger partial charge in [-0.1, -0.05) is 30.9 Å². The first-order valence-electron chi connectivity index (χ1n) is 7.64. The molecule has 0 atom stereocenters. The molecule has 0 aliphatic rings. The number of halogens is 1. The Hall–Kier alpha value is -2.14. The van der Waals surface area contributed by atoms with Crippen molar-refractivity contribution in [2.24, 2.45) is 0 Å². The van der Waals surface area contributed by atoms with E-state index in [4.69, 9.17) is 4.74 Å². The second kappa shape index (κ2) is 7.62. The number of ether oxygens (including phenoxy) is 1. The maximum absolute atomic E-state index is 12.9. The molecule has 1 N–H and O–H groups in total. The van der Waals surface area contributed by atoms with E-state index in [2.05, 4.69) is 32.8 Å². The number of carbonyl (C=O) groups excluding carboxylic acids is 1. The zero-order chi connectivity index (χ0) is 17.9. The van der Waals surface area contributed by atoms with Gasteiger partial charge in [-0.05, 0) is 54.8 Å². The quantitative estimate of drug-likeness (QED) is 0.741. The Morgan fingerprint density at radius 3 is 2.46 bits per heavy atom. The Labute approximate surface area is 151 Å². The van der Waals surface area contributed by atoms with Crippen LogP contribution in [0.3, 0.4) is 0 Å². The summed E-state index contributed by atoms with van der Waals surface area (Å²) in [6.45, 7) is 11.6. The fraction of sp³-hybridized carbons (Fsp3) is 0.263. The van der Waals surface area contributed by atoms with E-state index in [1.807, 2.05) is 39.0 Å². The van der Waals surface area contributed by atoms with E-state index in [1.54, 1.807) is 13.0 Å². The minimum absolute atomic E-state index is 0.239. The van der Waals surface area contributed by atoms with Gasteiger partial charge in [-0.25, -0.2) is 0 Å². The van der Waals surface area contributed by atoms with Crippen LogP contribution >= 0.6 is 15.9 Å². The van der Waals surface area contributed by atoms with Crippen molar-refractivity contribution in [2.45, 2.75) is 27.7 Å². The highest BCUT2D eigenvalue weighted by Gasteiger charge is 2.22. The van der Waals surface area contributed by atoms with Gasteiger partial charge in [-0.2, -0.15) is 0 Å². The number of aromatic nitrogens is 1. The van der Waals surface area contributed by atoms with Crippen LogP contribution in [0, 0.1) is 27.7 Å². The van der Waals surface area contributed by atoms with Crippen LogP contribution in [0.15, 0.2) is 35.3 Å². The summed E-state index contributed by atoms with van der Waals surface area (Å²) < 4.78 is 6.41. The largest absolute Gasteiger partial charge is 0.487 e. The highest BCUT2D eigenvalue weighted by molar-refractivity contribution is 9.10. The minimum atomic E-state index is -0.239. The summed E-state index contributed by atoms with van der Waals surface area (Å²) in [5.41, 5.74) is 4.65. The van der Waals surface area contributed by atoms with E-state index in [1.165, 1.54) is 0 Å². The van der Waals surface area contributed by atoms with Crippen LogP contribution in [0.5, 0.6) is 5.75 Å². The number of nitrogens with one attached hydrogen (secondary N) is 1. The van der Waals surface area contributed by atoms with Crippen LogP contribution in [-0.4, -0.2) is 17.5 Å². The van der Waals surface area contributed by atoms with Gasteiger partial charge in [0.25, 0.3) is 5.91 Å².